The molecule has 0 amide bonds. The summed E-state index contributed by atoms with van der Waals surface area (Å²) in [6, 6.07) is 0. The van der Waals surface area contributed by atoms with Gasteiger partial charge in [0.25, 0.3) is 0 Å². The van der Waals surface area contributed by atoms with Crippen LogP contribution in [0.1, 0.15) is 39.5 Å². The second kappa shape index (κ2) is 5.52. The number of allylic oxidation sites excluding steroid dienone is 1. The van der Waals surface area contributed by atoms with Crippen LogP contribution in [-0.4, -0.2) is 21.4 Å². The Labute approximate surface area is 90.1 Å². The van der Waals surface area contributed by atoms with Gasteiger partial charge in [-0.15, -0.1) is 12.3 Å². The Hall–Kier alpha value is -0.343. The predicted molar refractivity (Wildman–Crippen MR) is 65.3 cm³/mol. The second-order valence-corrected chi connectivity index (χ2v) is 6.57. The largest absolute Gasteiger partial charge is 0.378 e. The Balaban J connectivity index is 2.64. The zero-order valence-electron chi connectivity index (χ0n) is 9.51. The second-order valence-electron chi connectivity index (χ2n) is 4.29. The van der Waals surface area contributed by atoms with Gasteiger partial charge in [0.15, 0.2) is 0 Å². The van der Waals surface area contributed by atoms with Gasteiger partial charge in [-0.1, -0.05) is 11.6 Å². The molecule has 1 atom stereocenters. The van der Waals surface area contributed by atoms with Gasteiger partial charge < -0.3 is 4.74 Å². The Kier molecular flexibility index (Phi) is 4.62. The Morgan fingerprint density at radius 2 is 2.36 bits per heavy atom. The van der Waals surface area contributed by atoms with E-state index in [0.717, 1.165) is 13.0 Å². The van der Waals surface area contributed by atoms with Crippen molar-refractivity contribution >= 4 is 9.52 Å². The van der Waals surface area contributed by atoms with Gasteiger partial charge in [-0.05, 0) is 39.5 Å². The topological polar surface area (TPSA) is 9.23 Å². The number of hydrogen-bond donors (Lipinski definition) is 0. The molecule has 0 aromatic rings. The van der Waals surface area contributed by atoms with E-state index in [9.17, 15) is 0 Å². The van der Waals surface area contributed by atoms with Gasteiger partial charge in [-0.3, -0.25) is 0 Å². The first kappa shape index (κ1) is 11.7. The molecule has 1 saturated heterocycles. The molecule has 0 aliphatic carbocycles. The first-order chi connectivity index (χ1) is 6.72. The zero-order valence-corrected chi connectivity index (χ0v) is 10.9. The summed E-state index contributed by atoms with van der Waals surface area (Å²) in [5, 5.41) is 0.205. The molecule has 1 unspecified atom stereocenters. The van der Waals surface area contributed by atoms with Crippen molar-refractivity contribution in [3.8, 4) is 0 Å². The fourth-order valence-electron chi connectivity index (χ4n) is 2.16. The minimum atomic E-state index is -0.282. The SMILES string of the molecule is C=C[SiH2]C1(CC(C)=CC)CCCCO1. The average molecular weight is 210 g/mol. The molecular weight excluding hydrogens is 188 g/mol. The van der Waals surface area contributed by atoms with Crippen LogP contribution in [0.3, 0.4) is 0 Å². The van der Waals surface area contributed by atoms with Gasteiger partial charge in [0.05, 0.1) is 14.7 Å². The molecule has 0 aromatic carbocycles. The van der Waals surface area contributed by atoms with Crippen molar-refractivity contribution in [2.45, 2.75) is 44.8 Å². The molecular formula is C12H22OSi. The maximum Gasteiger partial charge on any atom is 0.0831 e. The normalized spacial score (nSPS) is 29.7. The van der Waals surface area contributed by atoms with Crippen molar-refractivity contribution in [2.75, 3.05) is 6.61 Å². The molecule has 1 aliphatic heterocycles. The zero-order chi connectivity index (χ0) is 10.4. The Bertz CT molecular complexity index is 214. The van der Waals surface area contributed by atoms with Gasteiger partial charge in [-0.2, -0.15) is 0 Å². The Morgan fingerprint density at radius 1 is 1.57 bits per heavy atom. The number of hydrogen-bond acceptors (Lipinski definition) is 1. The van der Waals surface area contributed by atoms with E-state index in [-0.39, 0.29) is 14.7 Å². The third kappa shape index (κ3) is 3.10. The summed E-state index contributed by atoms with van der Waals surface area (Å²) >= 11 is 0. The van der Waals surface area contributed by atoms with Gasteiger partial charge >= 0.3 is 0 Å². The van der Waals surface area contributed by atoms with Crippen LogP contribution in [0.4, 0.5) is 0 Å². The number of ether oxygens (including phenoxy) is 1. The molecule has 1 aliphatic rings. The average Bonchev–Trinajstić information content (AvgIpc) is 2.19. The minimum Gasteiger partial charge on any atom is -0.378 e. The van der Waals surface area contributed by atoms with E-state index in [1.54, 1.807) is 0 Å². The standard InChI is InChI=1S/C12H22OSi/c1-4-11(3)10-12(14-5-2)8-6-7-9-13-12/h4-5H,2,6-10,14H2,1,3H3. The molecule has 0 bridgehead atoms. The molecule has 2 heteroatoms. The van der Waals surface area contributed by atoms with Crippen molar-refractivity contribution < 1.29 is 4.74 Å². The maximum absolute atomic E-state index is 6.03. The van der Waals surface area contributed by atoms with Crippen LogP contribution < -0.4 is 0 Å². The summed E-state index contributed by atoms with van der Waals surface area (Å²) in [7, 11) is -0.282. The van der Waals surface area contributed by atoms with E-state index in [2.05, 4.69) is 32.2 Å². The lowest BCUT2D eigenvalue weighted by Crippen LogP contribution is -2.41. The lowest BCUT2D eigenvalue weighted by molar-refractivity contribution is -0.0187. The molecule has 80 valence electrons. The summed E-state index contributed by atoms with van der Waals surface area (Å²) in [6.07, 6.45) is 7.15. The predicted octanol–water partition coefficient (Wildman–Crippen LogP) is 2.55. The molecule has 0 saturated carbocycles. The molecule has 0 aromatic heterocycles. The van der Waals surface area contributed by atoms with E-state index in [1.165, 1.54) is 24.8 Å². The van der Waals surface area contributed by atoms with Crippen LogP contribution in [0.2, 0.25) is 0 Å². The summed E-state index contributed by atoms with van der Waals surface area (Å²) in [6.45, 7) is 9.17. The molecule has 1 fully saturated rings. The minimum absolute atomic E-state index is 0.205. The van der Waals surface area contributed by atoms with Crippen LogP contribution in [-0.2, 0) is 4.74 Å². The highest BCUT2D eigenvalue weighted by atomic mass is 28.2. The summed E-state index contributed by atoms with van der Waals surface area (Å²) in [5.41, 5.74) is 3.59. The fourth-order valence-corrected chi connectivity index (χ4v) is 3.94. The Morgan fingerprint density at radius 3 is 2.86 bits per heavy atom. The van der Waals surface area contributed by atoms with E-state index >= 15 is 0 Å². The molecule has 1 rings (SSSR count). The van der Waals surface area contributed by atoms with Crippen LogP contribution in [0.25, 0.3) is 0 Å². The van der Waals surface area contributed by atoms with Crippen LogP contribution in [0.5, 0.6) is 0 Å². The van der Waals surface area contributed by atoms with E-state index in [4.69, 9.17) is 4.74 Å². The smallest absolute Gasteiger partial charge is 0.0831 e. The molecule has 0 spiro atoms. The van der Waals surface area contributed by atoms with Crippen LogP contribution >= 0.6 is 0 Å². The maximum atomic E-state index is 6.03. The molecule has 0 radical (unpaired) electrons. The van der Waals surface area contributed by atoms with Crippen molar-refractivity contribution in [3.05, 3.63) is 23.9 Å². The van der Waals surface area contributed by atoms with Crippen molar-refractivity contribution in [3.63, 3.8) is 0 Å². The number of rotatable bonds is 4. The lowest BCUT2D eigenvalue weighted by Gasteiger charge is -2.37. The van der Waals surface area contributed by atoms with Crippen molar-refractivity contribution in [1.82, 2.24) is 0 Å². The van der Waals surface area contributed by atoms with Gasteiger partial charge in [0.1, 0.15) is 0 Å². The van der Waals surface area contributed by atoms with Crippen molar-refractivity contribution in [2.24, 2.45) is 0 Å². The summed E-state index contributed by atoms with van der Waals surface area (Å²) in [4.78, 5) is 0. The fraction of sp³-hybridized carbons (Fsp3) is 0.667. The summed E-state index contributed by atoms with van der Waals surface area (Å²) in [5.74, 6) is 0. The molecule has 1 heterocycles. The summed E-state index contributed by atoms with van der Waals surface area (Å²) < 4.78 is 6.03. The van der Waals surface area contributed by atoms with Crippen LogP contribution in [0, 0.1) is 0 Å². The third-order valence-electron chi connectivity index (χ3n) is 3.05. The van der Waals surface area contributed by atoms with Crippen LogP contribution in [0.15, 0.2) is 23.9 Å². The highest BCUT2D eigenvalue weighted by Gasteiger charge is 2.31. The quantitative estimate of drug-likeness (QED) is 0.512. The highest BCUT2D eigenvalue weighted by molar-refractivity contribution is 6.45. The van der Waals surface area contributed by atoms with E-state index in [1.807, 2.05) is 0 Å². The van der Waals surface area contributed by atoms with Gasteiger partial charge in [-0.25, -0.2) is 0 Å². The van der Waals surface area contributed by atoms with E-state index < -0.39 is 0 Å². The van der Waals surface area contributed by atoms with Gasteiger partial charge in [0, 0.05) is 6.61 Å². The first-order valence-corrected chi connectivity index (χ1v) is 7.11. The first-order valence-electron chi connectivity index (χ1n) is 5.59. The van der Waals surface area contributed by atoms with Gasteiger partial charge in [0.2, 0.25) is 0 Å². The highest BCUT2D eigenvalue weighted by Crippen LogP contribution is 2.30. The van der Waals surface area contributed by atoms with Crippen molar-refractivity contribution in [1.29, 1.82) is 0 Å². The lowest BCUT2D eigenvalue weighted by atomic mass is 10.0. The monoisotopic (exact) mass is 210 g/mol. The molecule has 1 nitrogen and oxygen atoms in total. The molecule has 0 N–H and O–H groups in total. The third-order valence-corrected chi connectivity index (χ3v) is 4.89. The molecule has 14 heavy (non-hydrogen) atoms. The van der Waals surface area contributed by atoms with E-state index in [0.29, 0.717) is 0 Å².